The summed E-state index contributed by atoms with van der Waals surface area (Å²) < 4.78 is 5.02. The number of rotatable bonds is 3. The molecule has 2 N–H and O–H groups in total. The molecule has 0 spiro atoms. The van der Waals surface area contributed by atoms with Crippen molar-refractivity contribution < 1.29 is 9.32 Å². The number of hydrogen-bond acceptors (Lipinski definition) is 5. The summed E-state index contributed by atoms with van der Waals surface area (Å²) in [4.78, 5) is 16.0. The standard InChI is InChI=1S/C13H14N4O2/c1-7-3-4-10-9(5-7)12(13(18)16-10)14-6-11-15-8(2)17-19-11/h3-5,12,14H,6H2,1-2H3,(H,16,18). The quantitative estimate of drug-likeness (QED) is 0.871. The van der Waals surface area contributed by atoms with Gasteiger partial charge >= 0.3 is 0 Å². The Labute approximate surface area is 110 Å². The first-order chi connectivity index (χ1) is 9.13. The summed E-state index contributed by atoms with van der Waals surface area (Å²) in [6.07, 6.45) is 0. The number of hydrogen-bond donors (Lipinski definition) is 2. The molecule has 6 heteroatoms. The second-order valence-electron chi connectivity index (χ2n) is 4.63. The molecule has 0 saturated carbocycles. The Bertz CT molecular complexity index is 635. The summed E-state index contributed by atoms with van der Waals surface area (Å²) in [6, 6.07) is 5.52. The number of amides is 1. The Kier molecular flexibility index (Phi) is 2.79. The van der Waals surface area contributed by atoms with Gasteiger partial charge < -0.3 is 9.84 Å². The molecular weight excluding hydrogens is 244 g/mol. The first-order valence-corrected chi connectivity index (χ1v) is 6.07. The SMILES string of the molecule is Cc1ccc2c(c1)C(NCc1nc(C)no1)C(=O)N2. The van der Waals surface area contributed by atoms with Crippen LogP contribution in [0.1, 0.15) is 28.9 Å². The second-order valence-corrected chi connectivity index (χ2v) is 4.63. The maximum Gasteiger partial charge on any atom is 0.246 e. The summed E-state index contributed by atoms with van der Waals surface area (Å²) >= 11 is 0. The van der Waals surface area contributed by atoms with E-state index >= 15 is 0 Å². The van der Waals surface area contributed by atoms with Crippen LogP contribution in [0.5, 0.6) is 0 Å². The van der Waals surface area contributed by atoms with Gasteiger partial charge in [-0.05, 0) is 19.9 Å². The van der Waals surface area contributed by atoms with Crippen molar-refractivity contribution in [2.45, 2.75) is 26.4 Å². The third-order valence-corrected chi connectivity index (χ3v) is 3.07. The van der Waals surface area contributed by atoms with Gasteiger partial charge in [0.15, 0.2) is 5.82 Å². The molecule has 0 radical (unpaired) electrons. The van der Waals surface area contributed by atoms with Crippen molar-refractivity contribution in [3.63, 3.8) is 0 Å². The number of aryl methyl sites for hydroxylation is 2. The third-order valence-electron chi connectivity index (χ3n) is 3.07. The van der Waals surface area contributed by atoms with Crippen LogP contribution in [0.3, 0.4) is 0 Å². The van der Waals surface area contributed by atoms with Gasteiger partial charge in [-0.2, -0.15) is 4.98 Å². The Morgan fingerprint density at radius 1 is 1.42 bits per heavy atom. The molecule has 0 saturated heterocycles. The van der Waals surface area contributed by atoms with Crippen LogP contribution in [0.2, 0.25) is 0 Å². The summed E-state index contributed by atoms with van der Waals surface area (Å²) in [6.45, 7) is 4.13. The summed E-state index contributed by atoms with van der Waals surface area (Å²) in [5.41, 5.74) is 2.94. The zero-order chi connectivity index (χ0) is 13.4. The van der Waals surface area contributed by atoms with Crippen molar-refractivity contribution >= 4 is 11.6 Å². The van der Waals surface area contributed by atoms with Gasteiger partial charge in [0.1, 0.15) is 6.04 Å². The van der Waals surface area contributed by atoms with Crippen LogP contribution in [0, 0.1) is 13.8 Å². The number of carbonyl (C=O) groups excluding carboxylic acids is 1. The van der Waals surface area contributed by atoms with Crippen LogP contribution in [-0.2, 0) is 11.3 Å². The van der Waals surface area contributed by atoms with Gasteiger partial charge in [-0.1, -0.05) is 22.9 Å². The van der Waals surface area contributed by atoms with Crippen LogP contribution in [0.25, 0.3) is 0 Å². The van der Waals surface area contributed by atoms with Crippen molar-refractivity contribution in [1.82, 2.24) is 15.5 Å². The lowest BCUT2D eigenvalue weighted by Crippen LogP contribution is -2.27. The lowest BCUT2D eigenvalue weighted by atomic mass is 10.1. The number of benzene rings is 1. The maximum atomic E-state index is 11.9. The van der Waals surface area contributed by atoms with Crippen molar-refractivity contribution in [1.29, 1.82) is 0 Å². The number of nitrogens with zero attached hydrogens (tertiary/aromatic N) is 2. The normalized spacial score (nSPS) is 17.4. The van der Waals surface area contributed by atoms with Crippen molar-refractivity contribution in [3.05, 3.63) is 41.0 Å². The fourth-order valence-corrected chi connectivity index (χ4v) is 2.18. The van der Waals surface area contributed by atoms with E-state index in [4.69, 9.17) is 4.52 Å². The first kappa shape index (κ1) is 11.9. The van der Waals surface area contributed by atoms with Crippen LogP contribution in [0.4, 0.5) is 5.69 Å². The largest absolute Gasteiger partial charge is 0.338 e. The van der Waals surface area contributed by atoms with E-state index in [1.807, 2.05) is 25.1 Å². The van der Waals surface area contributed by atoms with E-state index in [-0.39, 0.29) is 11.9 Å². The molecule has 0 aliphatic carbocycles. The third kappa shape index (κ3) is 2.22. The molecule has 3 rings (SSSR count). The number of nitrogens with one attached hydrogen (secondary N) is 2. The molecule has 1 aromatic heterocycles. The first-order valence-electron chi connectivity index (χ1n) is 6.07. The molecule has 1 aromatic carbocycles. The van der Waals surface area contributed by atoms with Crippen LogP contribution in [0.15, 0.2) is 22.7 Å². The average Bonchev–Trinajstić information content (AvgIpc) is 2.90. The topological polar surface area (TPSA) is 80.1 Å². The molecule has 1 atom stereocenters. The van der Waals surface area contributed by atoms with Crippen LogP contribution >= 0.6 is 0 Å². The molecule has 0 fully saturated rings. The monoisotopic (exact) mass is 258 g/mol. The zero-order valence-corrected chi connectivity index (χ0v) is 10.7. The smallest absolute Gasteiger partial charge is 0.246 e. The van der Waals surface area contributed by atoms with Crippen LogP contribution in [-0.4, -0.2) is 16.0 Å². The van der Waals surface area contributed by atoms with Gasteiger partial charge in [0.2, 0.25) is 11.8 Å². The summed E-state index contributed by atoms with van der Waals surface area (Å²) in [5, 5.41) is 9.70. The highest BCUT2D eigenvalue weighted by atomic mass is 16.5. The Hall–Kier alpha value is -2.21. The summed E-state index contributed by atoms with van der Waals surface area (Å²) in [7, 11) is 0. The van der Waals surface area contributed by atoms with Crippen LogP contribution < -0.4 is 10.6 Å². The molecule has 6 nitrogen and oxygen atoms in total. The van der Waals surface area contributed by atoms with Gasteiger partial charge in [0.25, 0.3) is 0 Å². The molecule has 1 aliphatic heterocycles. The number of aromatic nitrogens is 2. The molecule has 1 amide bonds. The van der Waals surface area contributed by atoms with Gasteiger partial charge in [0.05, 0.1) is 6.54 Å². The highest BCUT2D eigenvalue weighted by molar-refractivity contribution is 6.02. The average molecular weight is 258 g/mol. The molecule has 0 bridgehead atoms. The van der Waals surface area contributed by atoms with E-state index in [1.165, 1.54) is 0 Å². The minimum atomic E-state index is -0.373. The van der Waals surface area contributed by atoms with Crippen molar-refractivity contribution in [2.75, 3.05) is 5.32 Å². The second kappa shape index (κ2) is 4.47. The maximum absolute atomic E-state index is 11.9. The molecule has 1 unspecified atom stereocenters. The fraction of sp³-hybridized carbons (Fsp3) is 0.308. The van der Waals surface area contributed by atoms with E-state index in [2.05, 4.69) is 20.8 Å². The minimum Gasteiger partial charge on any atom is -0.338 e. The molecule has 19 heavy (non-hydrogen) atoms. The van der Waals surface area contributed by atoms with E-state index in [1.54, 1.807) is 6.92 Å². The molecule has 2 aromatic rings. The Morgan fingerprint density at radius 2 is 2.26 bits per heavy atom. The van der Waals surface area contributed by atoms with E-state index in [0.29, 0.717) is 18.3 Å². The highest BCUT2D eigenvalue weighted by Gasteiger charge is 2.30. The Balaban J connectivity index is 1.78. The van der Waals surface area contributed by atoms with Gasteiger partial charge in [0, 0.05) is 11.3 Å². The lowest BCUT2D eigenvalue weighted by Gasteiger charge is -2.09. The van der Waals surface area contributed by atoms with E-state index in [0.717, 1.165) is 16.8 Å². The molecule has 1 aliphatic rings. The van der Waals surface area contributed by atoms with E-state index in [9.17, 15) is 4.79 Å². The van der Waals surface area contributed by atoms with E-state index < -0.39 is 0 Å². The minimum absolute atomic E-state index is 0.0585. The Morgan fingerprint density at radius 3 is 3.00 bits per heavy atom. The predicted octanol–water partition coefficient (Wildman–Crippen LogP) is 1.47. The lowest BCUT2D eigenvalue weighted by molar-refractivity contribution is -0.117. The zero-order valence-electron chi connectivity index (χ0n) is 10.7. The fourth-order valence-electron chi connectivity index (χ4n) is 2.18. The number of anilines is 1. The van der Waals surface area contributed by atoms with Gasteiger partial charge in [-0.25, -0.2) is 0 Å². The molecule has 2 heterocycles. The van der Waals surface area contributed by atoms with Gasteiger partial charge in [-0.15, -0.1) is 0 Å². The number of carbonyl (C=O) groups is 1. The molecule has 98 valence electrons. The van der Waals surface area contributed by atoms with Gasteiger partial charge in [-0.3, -0.25) is 10.1 Å². The number of fused-ring (bicyclic) bond motifs is 1. The van der Waals surface area contributed by atoms with Crippen molar-refractivity contribution in [2.24, 2.45) is 0 Å². The predicted molar refractivity (Wildman–Crippen MR) is 68.4 cm³/mol. The molecular formula is C13H14N4O2. The van der Waals surface area contributed by atoms with Crippen molar-refractivity contribution in [3.8, 4) is 0 Å². The summed E-state index contributed by atoms with van der Waals surface area (Å²) in [5.74, 6) is 1.01. The highest BCUT2D eigenvalue weighted by Crippen LogP contribution is 2.31.